The van der Waals surface area contributed by atoms with Gasteiger partial charge in [-0.15, -0.1) is 0 Å². The molecule has 2 unspecified atom stereocenters. The van der Waals surface area contributed by atoms with E-state index < -0.39 is 0 Å². The highest BCUT2D eigenvalue weighted by Crippen LogP contribution is 2.39. The fraction of sp³-hybridized carbons (Fsp3) is 1.00. The van der Waals surface area contributed by atoms with E-state index in [1.54, 1.807) is 0 Å². The van der Waals surface area contributed by atoms with Crippen LogP contribution in [0, 0.1) is 5.41 Å². The second kappa shape index (κ2) is 8.10. The second-order valence-electron chi connectivity index (χ2n) is 5.57. The lowest BCUT2D eigenvalue weighted by molar-refractivity contribution is 0.0573. The first-order chi connectivity index (χ1) is 8.25. The summed E-state index contributed by atoms with van der Waals surface area (Å²) in [7, 11) is 0. The Balaban J connectivity index is 2.31. The van der Waals surface area contributed by atoms with Crippen LogP contribution in [0.1, 0.15) is 65.7 Å². The summed E-state index contributed by atoms with van der Waals surface area (Å²) in [6.45, 7) is 9.90. The average Bonchev–Trinajstić information content (AvgIpc) is 2.69. The van der Waals surface area contributed by atoms with Gasteiger partial charge >= 0.3 is 0 Å². The van der Waals surface area contributed by atoms with Crippen molar-refractivity contribution >= 4 is 0 Å². The smallest absolute Gasteiger partial charge is 0.0616 e. The van der Waals surface area contributed by atoms with E-state index >= 15 is 0 Å². The maximum absolute atomic E-state index is 5.80. The molecule has 0 saturated carbocycles. The molecule has 2 nitrogen and oxygen atoms in total. The molecule has 0 aromatic rings. The van der Waals surface area contributed by atoms with Gasteiger partial charge in [0.15, 0.2) is 0 Å². The van der Waals surface area contributed by atoms with Gasteiger partial charge in [0.25, 0.3) is 0 Å². The molecule has 0 bridgehead atoms. The molecule has 17 heavy (non-hydrogen) atoms. The second-order valence-corrected chi connectivity index (χ2v) is 5.57. The Morgan fingerprint density at radius 3 is 2.53 bits per heavy atom. The molecule has 2 atom stereocenters. The van der Waals surface area contributed by atoms with Crippen LogP contribution >= 0.6 is 0 Å². The van der Waals surface area contributed by atoms with Crippen LogP contribution in [0.5, 0.6) is 0 Å². The highest BCUT2D eigenvalue weighted by Gasteiger charge is 2.40. The van der Waals surface area contributed by atoms with Gasteiger partial charge in [-0.05, 0) is 26.3 Å². The first-order valence-corrected chi connectivity index (χ1v) is 7.57. The first kappa shape index (κ1) is 15.0. The molecule has 2 heteroatoms. The molecule has 1 saturated heterocycles. The van der Waals surface area contributed by atoms with Crippen molar-refractivity contribution in [2.75, 3.05) is 19.7 Å². The zero-order valence-electron chi connectivity index (χ0n) is 12.1. The van der Waals surface area contributed by atoms with Crippen molar-refractivity contribution in [3.8, 4) is 0 Å². The summed E-state index contributed by atoms with van der Waals surface area (Å²) >= 11 is 0. The average molecular weight is 241 g/mol. The number of rotatable bonds is 9. The van der Waals surface area contributed by atoms with E-state index in [1.165, 1.54) is 44.9 Å². The third-order valence-electron chi connectivity index (χ3n) is 4.34. The third kappa shape index (κ3) is 4.59. The molecule has 0 aromatic carbocycles. The zero-order valence-corrected chi connectivity index (χ0v) is 12.1. The van der Waals surface area contributed by atoms with Gasteiger partial charge < -0.3 is 10.1 Å². The van der Waals surface area contributed by atoms with E-state index in [-0.39, 0.29) is 0 Å². The fourth-order valence-electron chi connectivity index (χ4n) is 2.92. The lowest BCUT2D eigenvalue weighted by atomic mass is 9.77. The van der Waals surface area contributed by atoms with Crippen LogP contribution in [0.25, 0.3) is 0 Å². The van der Waals surface area contributed by atoms with Gasteiger partial charge in [0.1, 0.15) is 0 Å². The third-order valence-corrected chi connectivity index (χ3v) is 4.34. The highest BCUT2D eigenvalue weighted by atomic mass is 16.5. The van der Waals surface area contributed by atoms with E-state index in [0.29, 0.717) is 11.5 Å². The highest BCUT2D eigenvalue weighted by molar-refractivity contribution is 4.91. The lowest BCUT2D eigenvalue weighted by Gasteiger charge is -2.32. The Labute approximate surface area is 108 Å². The number of ether oxygens (including phenoxy) is 1. The minimum absolute atomic E-state index is 0.419. The number of nitrogens with one attached hydrogen (secondary N) is 1. The molecule has 0 amide bonds. The Bertz CT molecular complexity index is 195. The molecule has 1 N–H and O–H groups in total. The van der Waals surface area contributed by atoms with Gasteiger partial charge in [0.05, 0.1) is 6.10 Å². The first-order valence-electron chi connectivity index (χ1n) is 7.57. The Morgan fingerprint density at radius 2 is 1.94 bits per heavy atom. The predicted octanol–water partition coefficient (Wildman–Crippen LogP) is 3.75. The maximum atomic E-state index is 5.80. The number of hydrogen-bond donors (Lipinski definition) is 1. The van der Waals surface area contributed by atoms with Gasteiger partial charge in [0, 0.05) is 18.6 Å². The van der Waals surface area contributed by atoms with Crippen molar-refractivity contribution in [1.82, 2.24) is 5.32 Å². The monoisotopic (exact) mass is 241 g/mol. The summed E-state index contributed by atoms with van der Waals surface area (Å²) in [5, 5.41) is 3.53. The van der Waals surface area contributed by atoms with Crippen molar-refractivity contribution in [1.29, 1.82) is 0 Å². The summed E-state index contributed by atoms with van der Waals surface area (Å²) < 4.78 is 5.80. The summed E-state index contributed by atoms with van der Waals surface area (Å²) in [5.74, 6) is 0. The van der Waals surface area contributed by atoms with Crippen LogP contribution in [0.15, 0.2) is 0 Å². The van der Waals surface area contributed by atoms with Crippen LogP contribution in [-0.2, 0) is 4.74 Å². The number of hydrogen-bond acceptors (Lipinski definition) is 2. The van der Waals surface area contributed by atoms with Crippen molar-refractivity contribution in [3.63, 3.8) is 0 Å². The van der Waals surface area contributed by atoms with E-state index in [1.807, 2.05) is 0 Å². The number of unbranched alkanes of at least 4 members (excludes halogenated alkanes) is 4. The zero-order chi connectivity index (χ0) is 12.6. The van der Waals surface area contributed by atoms with Crippen LogP contribution in [0.3, 0.4) is 0 Å². The summed E-state index contributed by atoms with van der Waals surface area (Å²) in [6.07, 6.45) is 9.93. The minimum Gasteiger partial charge on any atom is -0.378 e. The van der Waals surface area contributed by atoms with Gasteiger partial charge in [-0.25, -0.2) is 0 Å². The Morgan fingerprint density at radius 1 is 1.18 bits per heavy atom. The van der Waals surface area contributed by atoms with Crippen LogP contribution in [0.2, 0.25) is 0 Å². The minimum atomic E-state index is 0.419. The van der Waals surface area contributed by atoms with Crippen molar-refractivity contribution in [2.24, 2.45) is 5.41 Å². The van der Waals surface area contributed by atoms with E-state index in [0.717, 1.165) is 19.7 Å². The molecule has 1 aliphatic rings. The summed E-state index contributed by atoms with van der Waals surface area (Å²) in [6, 6.07) is 0. The van der Waals surface area contributed by atoms with Crippen LogP contribution in [-0.4, -0.2) is 25.8 Å². The molecule has 0 aliphatic carbocycles. The topological polar surface area (TPSA) is 21.3 Å². The van der Waals surface area contributed by atoms with Gasteiger partial charge in [-0.3, -0.25) is 0 Å². The predicted molar refractivity (Wildman–Crippen MR) is 74.4 cm³/mol. The standard InChI is InChI=1S/C15H31NO/c1-4-6-7-8-9-10-15(13-16-5-2)11-12-17-14(15)3/h14,16H,4-13H2,1-3H3. The molecule has 0 spiro atoms. The van der Waals surface area contributed by atoms with Crippen molar-refractivity contribution in [3.05, 3.63) is 0 Å². The van der Waals surface area contributed by atoms with Gasteiger partial charge in [-0.2, -0.15) is 0 Å². The largest absolute Gasteiger partial charge is 0.378 e. The molecular weight excluding hydrogens is 210 g/mol. The van der Waals surface area contributed by atoms with Gasteiger partial charge in [0.2, 0.25) is 0 Å². The van der Waals surface area contributed by atoms with E-state index in [9.17, 15) is 0 Å². The maximum Gasteiger partial charge on any atom is 0.0616 e. The normalized spacial score (nSPS) is 28.8. The summed E-state index contributed by atoms with van der Waals surface area (Å²) in [5.41, 5.74) is 0.419. The van der Waals surface area contributed by atoms with Crippen LogP contribution < -0.4 is 5.32 Å². The van der Waals surface area contributed by atoms with Gasteiger partial charge in [-0.1, -0.05) is 46.0 Å². The Hall–Kier alpha value is -0.0800. The van der Waals surface area contributed by atoms with Crippen molar-refractivity contribution < 1.29 is 4.74 Å². The van der Waals surface area contributed by atoms with Crippen LogP contribution in [0.4, 0.5) is 0 Å². The molecule has 102 valence electrons. The fourth-order valence-corrected chi connectivity index (χ4v) is 2.92. The molecular formula is C15H31NO. The molecule has 1 rings (SSSR count). The quantitative estimate of drug-likeness (QED) is 0.621. The molecule has 1 heterocycles. The Kier molecular flexibility index (Phi) is 7.14. The molecule has 0 aromatic heterocycles. The molecule has 1 aliphatic heterocycles. The van der Waals surface area contributed by atoms with E-state index in [4.69, 9.17) is 4.74 Å². The summed E-state index contributed by atoms with van der Waals surface area (Å²) in [4.78, 5) is 0. The van der Waals surface area contributed by atoms with Crippen molar-refractivity contribution in [2.45, 2.75) is 71.8 Å². The van der Waals surface area contributed by atoms with E-state index in [2.05, 4.69) is 26.1 Å². The lowest BCUT2D eigenvalue weighted by Crippen LogP contribution is -2.39. The molecule has 1 fully saturated rings. The SMILES string of the molecule is CCCCCCCC1(CNCC)CCOC1C. The molecule has 0 radical (unpaired) electrons.